The molecular weight excluding hydrogens is 319 g/mol. The SMILES string of the molecule is C/C=C/CCc1ccc2c(F)c(C#Cc3ccc(CC)cc3)ccc2c1. The first-order chi connectivity index (χ1) is 12.7. The van der Waals surface area contributed by atoms with Gasteiger partial charge >= 0.3 is 0 Å². The van der Waals surface area contributed by atoms with Crippen LogP contribution in [0.15, 0.2) is 66.7 Å². The first-order valence-electron chi connectivity index (χ1n) is 9.14. The summed E-state index contributed by atoms with van der Waals surface area (Å²) in [7, 11) is 0. The fourth-order valence-corrected chi connectivity index (χ4v) is 2.97. The van der Waals surface area contributed by atoms with Gasteiger partial charge in [0.05, 0.1) is 5.56 Å². The highest BCUT2D eigenvalue weighted by Gasteiger charge is 2.06. The van der Waals surface area contributed by atoms with Crippen molar-refractivity contribution in [2.24, 2.45) is 0 Å². The fourth-order valence-electron chi connectivity index (χ4n) is 2.97. The lowest BCUT2D eigenvalue weighted by atomic mass is 10.0. The molecule has 0 nitrogen and oxygen atoms in total. The van der Waals surface area contributed by atoms with Crippen LogP contribution in [0.3, 0.4) is 0 Å². The van der Waals surface area contributed by atoms with Gasteiger partial charge in [0, 0.05) is 10.9 Å². The number of fused-ring (bicyclic) bond motifs is 1. The fraction of sp³-hybridized carbons (Fsp3) is 0.200. The normalized spacial score (nSPS) is 10.9. The largest absolute Gasteiger partial charge is 0.205 e. The van der Waals surface area contributed by atoms with E-state index < -0.39 is 0 Å². The molecule has 26 heavy (non-hydrogen) atoms. The molecule has 0 heterocycles. The van der Waals surface area contributed by atoms with E-state index in [1.165, 1.54) is 11.1 Å². The Balaban J connectivity index is 1.87. The molecule has 3 rings (SSSR count). The van der Waals surface area contributed by atoms with Gasteiger partial charge < -0.3 is 0 Å². The summed E-state index contributed by atoms with van der Waals surface area (Å²) in [6.45, 7) is 4.15. The van der Waals surface area contributed by atoms with Gasteiger partial charge in [-0.1, -0.05) is 67.3 Å². The smallest absolute Gasteiger partial charge is 0.146 e. The summed E-state index contributed by atoms with van der Waals surface area (Å²) >= 11 is 0. The van der Waals surface area contributed by atoms with Crippen molar-refractivity contribution in [3.05, 3.63) is 94.8 Å². The van der Waals surface area contributed by atoms with Crippen LogP contribution in [-0.4, -0.2) is 0 Å². The van der Waals surface area contributed by atoms with E-state index in [0.717, 1.165) is 30.2 Å². The van der Waals surface area contributed by atoms with E-state index in [-0.39, 0.29) is 5.82 Å². The number of aryl methyl sites for hydroxylation is 2. The lowest BCUT2D eigenvalue weighted by molar-refractivity contribution is 0.636. The minimum Gasteiger partial charge on any atom is -0.205 e. The third-order valence-corrected chi connectivity index (χ3v) is 4.56. The third kappa shape index (κ3) is 4.21. The number of hydrogen-bond donors (Lipinski definition) is 0. The topological polar surface area (TPSA) is 0 Å². The predicted octanol–water partition coefficient (Wildman–Crippen LogP) is 6.45. The van der Waals surface area contributed by atoms with Gasteiger partial charge in [0.25, 0.3) is 0 Å². The van der Waals surface area contributed by atoms with Gasteiger partial charge in [0.1, 0.15) is 5.82 Å². The molecule has 0 bridgehead atoms. The summed E-state index contributed by atoms with van der Waals surface area (Å²) in [5.74, 6) is 5.81. The summed E-state index contributed by atoms with van der Waals surface area (Å²) in [6, 6.07) is 17.8. The molecule has 0 N–H and O–H groups in total. The zero-order valence-electron chi connectivity index (χ0n) is 15.4. The van der Waals surface area contributed by atoms with Gasteiger partial charge in [-0.3, -0.25) is 0 Å². The number of hydrogen-bond acceptors (Lipinski definition) is 0. The lowest BCUT2D eigenvalue weighted by Crippen LogP contribution is -1.89. The van der Waals surface area contributed by atoms with E-state index in [9.17, 15) is 4.39 Å². The second-order valence-corrected chi connectivity index (χ2v) is 6.39. The second kappa shape index (κ2) is 8.50. The van der Waals surface area contributed by atoms with Crippen LogP contribution in [0.4, 0.5) is 4.39 Å². The zero-order valence-corrected chi connectivity index (χ0v) is 15.4. The van der Waals surface area contributed by atoms with E-state index in [0.29, 0.717) is 10.9 Å². The van der Waals surface area contributed by atoms with Crippen molar-refractivity contribution in [3.8, 4) is 11.8 Å². The molecule has 0 atom stereocenters. The van der Waals surface area contributed by atoms with Crippen LogP contribution in [0.5, 0.6) is 0 Å². The maximum absolute atomic E-state index is 14.8. The maximum atomic E-state index is 14.8. The predicted molar refractivity (Wildman–Crippen MR) is 109 cm³/mol. The van der Waals surface area contributed by atoms with Gasteiger partial charge in [-0.05, 0) is 60.9 Å². The van der Waals surface area contributed by atoms with Crippen molar-refractivity contribution >= 4 is 10.8 Å². The van der Waals surface area contributed by atoms with Crippen LogP contribution >= 0.6 is 0 Å². The Kier molecular flexibility index (Phi) is 5.87. The standard InChI is InChI=1S/C25H23F/c1-3-5-6-7-21-13-17-24-23(18-21)16-15-22(25(24)26)14-12-20-10-8-19(4-2)9-11-20/h3,5,8-11,13,15-18H,4,6-7H2,1-2H3/b5-3+. The van der Waals surface area contributed by atoms with Crippen molar-refractivity contribution in [1.29, 1.82) is 0 Å². The summed E-state index contributed by atoms with van der Waals surface area (Å²) in [4.78, 5) is 0. The Bertz CT molecular complexity index is 982. The van der Waals surface area contributed by atoms with Gasteiger partial charge in [0.2, 0.25) is 0 Å². The van der Waals surface area contributed by atoms with E-state index in [1.807, 2.05) is 37.3 Å². The number of rotatable bonds is 4. The van der Waals surface area contributed by atoms with Crippen molar-refractivity contribution in [2.45, 2.75) is 33.1 Å². The maximum Gasteiger partial charge on any atom is 0.146 e. The molecular formula is C25H23F. The van der Waals surface area contributed by atoms with E-state index in [4.69, 9.17) is 0 Å². The quantitative estimate of drug-likeness (QED) is 0.377. The monoisotopic (exact) mass is 342 g/mol. The van der Waals surface area contributed by atoms with Crippen LogP contribution in [-0.2, 0) is 12.8 Å². The Morgan fingerprint density at radius 2 is 1.69 bits per heavy atom. The molecule has 3 aromatic carbocycles. The molecule has 0 unspecified atom stereocenters. The molecule has 0 amide bonds. The van der Waals surface area contributed by atoms with Gasteiger partial charge in [-0.25, -0.2) is 4.39 Å². The highest BCUT2D eigenvalue weighted by Crippen LogP contribution is 2.23. The average molecular weight is 342 g/mol. The van der Waals surface area contributed by atoms with Crippen molar-refractivity contribution in [3.63, 3.8) is 0 Å². The highest BCUT2D eigenvalue weighted by atomic mass is 19.1. The summed E-state index contributed by atoms with van der Waals surface area (Å²) in [5.41, 5.74) is 3.85. The molecule has 0 spiro atoms. The van der Waals surface area contributed by atoms with Crippen LogP contribution in [0.25, 0.3) is 10.8 Å². The first kappa shape index (κ1) is 18.0. The van der Waals surface area contributed by atoms with Crippen LogP contribution < -0.4 is 0 Å². The summed E-state index contributed by atoms with van der Waals surface area (Å²) < 4.78 is 14.8. The zero-order chi connectivity index (χ0) is 18.4. The van der Waals surface area contributed by atoms with E-state index in [1.54, 1.807) is 6.07 Å². The molecule has 0 aromatic heterocycles. The summed E-state index contributed by atoms with van der Waals surface area (Å²) in [6.07, 6.45) is 7.18. The molecule has 3 aromatic rings. The molecule has 0 fully saturated rings. The number of halogens is 1. The molecule has 0 aliphatic rings. The minimum absolute atomic E-state index is 0.236. The Morgan fingerprint density at radius 3 is 2.42 bits per heavy atom. The molecule has 0 saturated carbocycles. The minimum atomic E-state index is -0.236. The van der Waals surface area contributed by atoms with Crippen molar-refractivity contribution in [2.75, 3.05) is 0 Å². The molecule has 1 heteroatoms. The Morgan fingerprint density at radius 1 is 0.923 bits per heavy atom. The van der Waals surface area contributed by atoms with Crippen LogP contribution in [0, 0.1) is 17.7 Å². The average Bonchev–Trinajstić information content (AvgIpc) is 2.68. The summed E-state index contributed by atoms with van der Waals surface area (Å²) in [5, 5.41) is 1.56. The van der Waals surface area contributed by atoms with Gasteiger partial charge in [0.15, 0.2) is 0 Å². The number of benzene rings is 3. The molecule has 130 valence electrons. The molecule has 0 aliphatic carbocycles. The third-order valence-electron chi connectivity index (χ3n) is 4.56. The van der Waals surface area contributed by atoms with Crippen LogP contribution in [0.1, 0.15) is 42.5 Å². The molecule has 0 radical (unpaired) electrons. The second-order valence-electron chi connectivity index (χ2n) is 6.39. The Labute approximate surface area is 155 Å². The van der Waals surface area contributed by atoms with Crippen molar-refractivity contribution < 1.29 is 4.39 Å². The van der Waals surface area contributed by atoms with Crippen LogP contribution in [0.2, 0.25) is 0 Å². The van der Waals surface area contributed by atoms with E-state index in [2.05, 4.69) is 49.1 Å². The highest BCUT2D eigenvalue weighted by molar-refractivity contribution is 5.85. The Hall–Kier alpha value is -2.85. The van der Waals surface area contributed by atoms with Gasteiger partial charge in [-0.2, -0.15) is 0 Å². The molecule has 0 saturated heterocycles. The van der Waals surface area contributed by atoms with Gasteiger partial charge in [-0.15, -0.1) is 0 Å². The number of allylic oxidation sites excluding steroid dienone is 2. The lowest BCUT2D eigenvalue weighted by Gasteiger charge is -2.05. The van der Waals surface area contributed by atoms with Crippen molar-refractivity contribution in [1.82, 2.24) is 0 Å². The first-order valence-corrected chi connectivity index (χ1v) is 9.14. The van der Waals surface area contributed by atoms with E-state index >= 15 is 0 Å². The molecule has 0 aliphatic heterocycles.